The van der Waals surface area contributed by atoms with Gasteiger partial charge in [0.15, 0.2) is 0 Å². The Morgan fingerprint density at radius 2 is 1.75 bits per heavy atom. The molecule has 1 aromatic rings. The van der Waals surface area contributed by atoms with Crippen LogP contribution < -0.4 is 10.6 Å². The van der Waals surface area contributed by atoms with Gasteiger partial charge in [-0.2, -0.15) is 0 Å². The van der Waals surface area contributed by atoms with Crippen molar-refractivity contribution in [1.29, 1.82) is 0 Å². The molecule has 7 heteroatoms. The Kier molecular flexibility index (Phi) is 6.40. The SMILES string of the molecule is C/C(=C/NC(=O)/C=C/c1ccc([N+](=O)[O-])cc1)C(=O)NC(C)(C)C. The summed E-state index contributed by atoms with van der Waals surface area (Å²) in [4.78, 5) is 33.6. The molecule has 0 unspecified atom stereocenters. The molecule has 1 rings (SSSR count). The fraction of sp³-hybridized carbons (Fsp3) is 0.294. The van der Waals surface area contributed by atoms with Crippen LogP contribution in [-0.2, 0) is 9.59 Å². The fourth-order valence-corrected chi connectivity index (χ4v) is 1.61. The zero-order chi connectivity index (χ0) is 18.3. The summed E-state index contributed by atoms with van der Waals surface area (Å²) in [5.41, 5.74) is 0.662. The highest BCUT2D eigenvalue weighted by Crippen LogP contribution is 2.12. The molecule has 2 N–H and O–H groups in total. The Labute approximate surface area is 140 Å². The molecule has 0 aliphatic carbocycles. The molecule has 2 amide bonds. The topological polar surface area (TPSA) is 101 Å². The summed E-state index contributed by atoms with van der Waals surface area (Å²) < 4.78 is 0. The first-order valence-electron chi connectivity index (χ1n) is 7.31. The monoisotopic (exact) mass is 331 g/mol. The largest absolute Gasteiger partial charge is 0.348 e. The minimum atomic E-state index is -0.490. The molecular weight excluding hydrogens is 310 g/mol. The van der Waals surface area contributed by atoms with Gasteiger partial charge in [-0.3, -0.25) is 19.7 Å². The number of hydrogen-bond donors (Lipinski definition) is 2. The lowest BCUT2D eigenvalue weighted by Crippen LogP contribution is -2.41. The van der Waals surface area contributed by atoms with Crippen LogP contribution in [0.4, 0.5) is 5.69 Å². The lowest BCUT2D eigenvalue weighted by atomic mass is 10.1. The maximum atomic E-state index is 11.8. The number of rotatable bonds is 5. The molecular formula is C17H21N3O4. The van der Waals surface area contributed by atoms with Gasteiger partial charge in [-0.05, 0) is 51.5 Å². The molecule has 0 saturated heterocycles. The number of non-ortho nitro benzene ring substituents is 1. The highest BCUT2D eigenvalue weighted by atomic mass is 16.6. The lowest BCUT2D eigenvalue weighted by Gasteiger charge is -2.20. The van der Waals surface area contributed by atoms with Gasteiger partial charge >= 0.3 is 0 Å². The van der Waals surface area contributed by atoms with E-state index in [2.05, 4.69) is 10.6 Å². The van der Waals surface area contributed by atoms with E-state index in [1.165, 1.54) is 30.5 Å². The zero-order valence-electron chi connectivity index (χ0n) is 14.1. The molecule has 0 aliphatic rings. The predicted molar refractivity (Wildman–Crippen MR) is 91.9 cm³/mol. The van der Waals surface area contributed by atoms with Gasteiger partial charge in [0, 0.05) is 35.5 Å². The van der Waals surface area contributed by atoms with Crippen molar-refractivity contribution in [3.05, 3.63) is 57.8 Å². The number of nitrogens with one attached hydrogen (secondary N) is 2. The fourth-order valence-electron chi connectivity index (χ4n) is 1.61. The van der Waals surface area contributed by atoms with Crippen LogP contribution in [0.5, 0.6) is 0 Å². The van der Waals surface area contributed by atoms with Crippen molar-refractivity contribution in [3.8, 4) is 0 Å². The molecule has 0 aliphatic heterocycles. The lowest BCUT2D eigenvalue weighted by molar-refractivity contribution is -0.384. The Bertz CT molecular complexity index is 683. The minimum absolute atomic E-state index is 0.0139. The summed E-state index contributed by atoms with van der Waals surface area (Å²) in [5.74, 6) is -0.668. The van der Waals surface area contributed by atoms with Crippen molar-refractivity contribution in [2.24, 2.45) is 0 Å². The number of hydrogen-bond acceptors (Lipinski definition) is 4. The highest BCUT2D eigenvalue weighted by molar-refractivity contribution is 5.96. The summed E-state index contributed by atoms with van der Waals surface area (Å²) in [6, 6.07) is 5.80. The summed E-state index contributed by atoms with van der Waals surface area (Å²) in [6.07, 6.45) is 4.15. The molecule has 0 heterocycles. The van der Waals surface area contributed by atoms with E-state index in [1.54, 1.807) is 19.1 Å². The van der Waals surface area contributed by atoms with Crippen LogP contribution in [0.2, 0.25) is 0 Å². The van der Waals surface area contributed by atoms with Crippen molar-refractivity contribution in [3.63, 3.8) is 0 Å². The van der Waals surface area contributed by atoms with E-state index in [-0.39, 0.29) is 17.1 Å². The van der Waals surface area contributed by atoms with E-state index in [0.29, 0.717) is 11.1 Å². The molecule has 0 spiro atoms. The standard InChI is InChI=1S/C17H21N3O4/c1-12(16(22)19-17(2,3)4)11-18-15(21)10-7-13-5-8-14(9-6-13)20(23)24/h5-11H,1-4H3,(H,18,21)(H,19,22)/b10-7+,12-11-. The Morgan fingerprint density at radius 1 is 1.17 bits per heavy atom. The first-order chi connectivity index (χ1) is 11.1. The summed E-state index contributed by atoms with van der Waals surface area (Å²) >= 11 is 0. The van der Waals surface area contributed by atoms with Gasteiger partial charge in [0.05, 0.1) is 4.92 Å². The second-order valence-corrected chi connectivity index (χ2v) is 6.22. The number of nitro benzene ring substituents is 1. The van der Waals surface area contributed by atoms with Gasteiger partial charge in [0.2, 0.25) is 11.8 Å². The van der Waals surface area contributed by atoms with E-state index in [4.69, 9.17) is 0 Å². The van der Waals surface area contributed by atoms with Crippen molar-refractivity contribution >= 4 is 23.6 Å². The van der Waals surface area contributed by atoms with E-state index >= 15 is 0 Å². The normalized spacial score (nSPS) is 12.1. The summed E-state index contributed by atoms with van der Waals surface area (Å²) in [7, 11) is 0. The van der Waals surface area contributed by atoms with Crippen LogP contribution in [0.1, 0.15) is 33.3 Å². The van der Waals surface area contributed by atoms with Gasteiger partial charge in [-0.25, -0.2) is 0 Å². The Balaban J connectivity index is 2.60. The molecule has 24 heavy (non-hydrogen) atoms. The molecule has 128 valence electrons. The third kappa shape index (κ3) is 6.87. The quantitative estimate of drug-likeness (QED) is 0.492. The summed E-state index contributed by atoms with van der Waals surface area (Å²) in [6.45, 7) is 7.19. The number of carbonyl (C=O) groups excluding carboxylic acids is 2. The molecule has 1 aromatic carbocycles. The third-order valence-corrected chi connectivity index (χ3v) is 2.81. The molecule has 0 saturated carbocycles. The molecule has 0 radical (unpaired) electrons. The van der Waals surface area contributed by atoms with Crippen molar-refractivity contribution in [1.82, 2.24) is 10.6 Å². The van der Waals surface area contributed by atoms with E-state index in [0.717, 1.165) is 0 Å². The van der Waals surface area contributed by atoms with Gasteiger partial charge in [0.25, 0.3) is 5.69 Å². The maximum Gasteiger partial charge on any atom is 0.269 e. The predicted octanol–water partition coefficient (Wildman–Crippen LogP) is 2.54. The zero-order valence-corrected chi connectivity index (χ0v) is 14.1. The van der Waals surface area contributed by atoms with E-state index in [1.807, 2.05) is 20.8 Å². The van der Waals surface area contributed by atoms with Crippen molar-refractivity contribution in [2.45, 2.75) is 33.2 Å². The molecule has 0 atom stereocenters. The van der Waals surface area contributed by atoms with Crippen LogP contribution in [-0.4, -0.2) is 22.3 Å². The molecule has 7 nitrogen and oxygen atoms in total. The van der Waals surface area contributed by atoms with E-state index in [9.17, 15) is 19.7 Å². The molecule has 0 aromatic heterocycles. The summed E-state index contributed by atoms with van der Waals surface area (Å²) in [5, 5.41) is 15.8. The number of nitro groups is 1. The maximum absolute atomic E-state index is 11.8. The average Bonchev–Trinajstić information content (AvgIpc) is 2.49. The Hall–Kier alpha value is -2.96. The second-order valence-electron chi connectivity index (χ2n) is 6.22. The number of carbonyl (C=O) groups is 2. The van der Waals surface area contributed by atoms with Crippen molar-refractivity contribution < 1.29 is 14.5 Å². The van der Waals surface area contributed by atoms with Crippen LogP contribution >= 0.6 is 0 Å². The van der Waals surface area contributed by atoms with Crippen LogP contribution in [0.3, 0.4) is 0 Å². The number of amides is 2. The third-order valence-electron chi connectivity index (χ3n) is 2.81. The van der Waals surface area contributed by atoms with Gasteiger partial charge in [0.1, 0.15) is 0 Å². The number of nitrogens with zero attached hydrogens (tertiary/aromatic N) is 1. The van der Waals surface area contributed by atoms with Gasteiger partial charge < -0.3 is 10.6 Å². The highest BCUT2D eigenvalue weighted by Gasteiger charge is 2.14. The molecule has 0 bridgehead atoms. The first kappa shape index (κ1) is 19.1. The smallest absolute Gasteiger partial charge is 0.269 e. The van der Waals surface area contributed by atoms with Crippen LogP contribution in [0, 0.1) is 10.1 Å². The second kappa shape index (κ2) is 8.05. The van der Waals surface area contributed by atoms with Crippen LogP contribution in [0.15, 0.2) is 42.1 Å². The first-order valence-corrected chi connectivity index (χ1v) is 7.31. The van der Waals surface area contributed by atoms with E-state index < -0.39 is 10.8 Å². The average molecular weight is 331 g/mol. The van der Waals surface area contributed by atoms with Crippen LogP contribution in [0.25, 0.3) is 6.08 Å². The number of benzene rings is 1. The molecule has 0 fully saturated rings. The minimum Gasteiger partial charge on any atom is -0.348 e. The van der Waals surface area contributed by atoms with Gasteiger partial charge in [-0.15, -0.1) is 0 Å². The Morgan fingerprint density at radius 3 is 2.25 bits per heavy atom. The van der Waals surface area contributed by atoms with Gasteiger partial charge in [-0.1, -0.05) is 0 Å². The van der Waals surface area contributed by atoms with Crippen molar-refractivity contribution in [2.75, 3.05) is 0 Å².